The van der Waals surface area contributed by atoms with Crippen molar-refractivity contribution in [2.75, 3.05) is 11.1 Å². The van der Waals surface area contributed by atoms with Crippen LogP contribution in [0.3, 0.4) is 0 Å². The molecule has 2 rings (SSSR count). The number of benzene rings is 1. The molecule has 0 saturated heterocycles. The Morgan fingerprint density at radius 3 is 3.06 bits per heavy atom. The third-order valence-corrected chi connectivity index (χ3v) is 3.27. The molecule has 1 heterocycles. The molecule has 0 fully saturated rings. The zero-order valence-corrected chi connectivity index (χ0v) is 9.51. The number of nitriles is 1. The average Bonchev–Trinajstić information content (AvgIpc) is 2.67. The predicted octanol–water partition coefficient (Wildman–Crippen LogP) is 2.60. The Kier molecular flexibility index (Phi) is 3.11. The Labute approximate surface area is 97.4 Å². The minimum atomic E-state index is -0.498. The fraction of sp³-hybridized carbons (Fsp3) is 0.273. The van der Waals surface area contributed by atoms with Crippen molar-refractivity contribution in [1.29, 1.82) is 5.26 Å². The van der Waals surface area contributed by atoms with Gasteiger partial charge in [0.2, 0.25) is 0 Å². The molecule has 0 bridgehead atoms. The first-order valence-electron chi connectivity index (χ1n) is 4.86. The van der Waals surface area contributed by atoms with Gasteiger partial charge < -0.3 is 5.32 Å². The number of rotatable bonds is 1. The lowest BCUT2D eigenvalue weighted by Gasteiger charge is -2.05. The van der Waals surface area contributed by atoms with Gasteiger partial charge in [-0.15, -0.1) is 0 Å². The smallest absolute Gasteiger partial charge is 0.161 e. The van der Waals surface area contributed by atoms with Crippen LogP contribution >= 0.6 is 11.8 Å². The maximum atomic E-state index is 13.1. The van der Waals surface area contributed by atoms with Crippen molar-refractivity contribution in [3.63, 3.8) is 0 Å². The van der Waals surface area contributed by atoms with Crippen LogP contribution in [0.1, 0.15) is 12.5 Å². The molecule has 1 aromatic carbocycles. The van der Waals surface area contributed by atoms with Crippen LogP contribution in [-0.4, -0.2) is 17.0 Å². The second-order valence-corrected chi connectivity index (χ2v) is 4.53. The van der Waals surface area contributed by atoms with E-state index in [1.54, 1.807) is 17.8 Å². The Morgan fingerprint density at radius 1 is 1.62 bits per heavy atom. The number of halogens is 1. The molecule has 0 radical (unpaired) electrons. The summed E-state index contributed by atoms with van der Waals surface area (Å²) in [5, 5.41) is 12.6. The standard InChI is InChI=1S/C11H10FN3S/c1-7-6-16-11(14-7)15-9-2-3-10(12)8(4-9)5-13/h2-4,7H,6H2,1H3,(H,14,15). The number of amidine groups is 1. The van der Waals surface area contributed by atoms with Crippen molar-refractivity contribution in [1.82, 2.24) is 0 Å². The van der Waals surface area contributed by atoms with Gasteiger partial charge in [-0.3, -0.25) is 4.99 Å². The van der Waals surface area contributed by atoms with E-state index >= 15 is 0 Å². The van der Waals surface area contributed by atoms with Gasteiger partial charge in [-0.25, -0.2) is 4.39 Å². The van der Waals surface area contributed by atoms with Crippen LogP contribution in [0.4, 0.5) is 10.1 Å². The van der Waals surface area contributed by atoms with Crippen LogP contribution in [0.15, 0.2) is 23.2 Å². The van der Waals surface area contributed by atoms with E-state index in [0.29, 0.717) is 11.7 Å². The van der Waals surface area contributed by atoms with Gasteiger partial charge in [0.25, 0.3) is 0 Å². The van der Waals surface area contributed by atoms with Gasteiger partial charge in [0.1, 0.15) is 11.9 Å². The summed E-state index contributed by atoms with van der Waals surface area (Å²) in [7, 11) is 0. The van der Waals surface area contributed by atoms with Crippen LogP contribution in [0, 0.1) is 17.1 Å². The molecule has 0 aromatic heterocycles. The normalized spacial score (nSPS) is 19.1. The molecular weight excluding hydrogens is 225 g/mol. The lowest BCUT2D eigenvalue weighted by atomic mass is 10.2. The minimum Gasteiger partial charge on any atom is -0.335 e. The van der Waals surface area contributed by atoms with Gasteiger partial charge in [-0.05, 0) is 25.1 Å². The van der Waals surface area contributed by atoms with Crippen LogP contribution in [0.5, 0.6) is 0 Å². The number of aliphatic imine (C=N–C) groups is 1. The number of anilines is 1. The van der Waals surface area contributed by atoms with Crippen LogP contribution < -0.4 is 5.32 Å². The SMILES string of the molecule is CC1CSC(Nc2ccc(F)c(C#N)c2)=N1. The second kappa shape index (κ2) is 4.54. The van der Waals surface area contributed by atoms with Gasteiger partial charge in [0.05, 0.1) is 11.6 Å². The third-order valence-electron chi connectivity index (χ3n) is 2.14. The van der Waals surface area contributed by atoms with E-state index in [2.05, 4.69) is 10.3 Å². The highest BCUT2D eigenvalue weighted by molar-refractivity contribution is 8.14. The predicted molar refractivity (Wildman–Crippen MR) is 64.1 cm³/mol. The highest BCUT2D eigenvalue weighted by atomic mass is 32.2. The Bertz CT molecular complexity index is 479. The quantitative estimate of drug-likeness (QED) is 0.814. The monoisotopic (exact) mass is 235 g/mol. The van der Waals surface area contributed by atoms with Crippen LogP contribution in [-0.2, 0) is 0 Å². The van der Waals surface area contributed by atoms with Crippen molar-refractivity contribution in [3.8, 4) is 6.07 Å². The van der Waals surface area contributed by atoms with E-state index in [4.69, 9.17) is 5.26 Å². The van der Waals surface area contributed by atoms with Crippen molar-refractivity contribution >= 4 is 22.6 Å². The van der Waals surface area contributed by atoms with Gasteiger partial charge in [-0.2, -0.15) is 5.26 Å². The first-order chi connectivity index (χ1) is 7.69. The number of hydrogen-bond donors (Lipinski definition) is 1. The molecule has 3 nitrogen and oxygen atoms in total. The first-order valence-corrected chi connectivity index (χ1v) is 5.85. The van der Waals surface area contributed by atoms with E-state index in [-0.39, 0.29) is 5.56 Å². The van der Waals surface area contributed by atoms with Gasteiger partial charge in [0.15, 0.2) is 5.17 Å². The van der Waals surface area contributed by atoms with E-state index < -0.39 is 5.82 Å². The maximum Gasteiger partial charge on any atom is 0.161 e. The molecule has 1 aliphatic rings. The lowest BCUT2D eigenvalue weighted by Crippen LogP contribution is -2.05. The van der Waals surface area contributed by atoms with Gasteiger partial charge in [0, 0.05) is 11.4 Å². The average molecular weight is 235 g/mol. The minimum absolute atomic E-state index is 0.0432. The molecule has 5 heteroatoms. The topological polar surface area (TPSA) is 48.2 Å². The molecule has 1 atom stereocenters. The second-order valence-electron chi connectivity index (χ2n) is 3.53. The summed E-state index contributed by atoms with van der Waals surface area (Å²) in [6.45, 7) is 2.03. The van der Waals surface area contributed by atoms with Crippen LogP contribution in [0.25, 0.3) is 0 Å². The lowest BCUT2D eigenvalue weighted by molar-refractivity contribution is 0.624. The van der Waals surface area contributed by atoms with Crippen molar-refractivity contribution in [2.24, 2.45) is 4.99 Å². The Balaban J connectivity index is 2.17. The molecule has 1 unspecified atom stereocenters. The molecular formula is C11H10FN3S. The molecule has 0 saturated carbocycles. The Hall–Kier alpha value is -1.54. The summed E-state index contributed by atoms with van der Waals surface area (Å²) in [6, 6.07) is 6.49. The highest BCUT2D eigenvalue weighted by Gasteiger charge is 2.14. The molecule has 0 aliphatic carbocycles. The fourth-order valence-corrected chi connectivity index (χ4v) is 2.27. The van der Waals surface area contributed by atoms with Crippen molar-refractivity contribution in [2.45, 2.75) is 13.0 Å². The summed E-state index contributed by atoms with van der Waals surface area (Å²) >= 11 is 1.63. The third kappa shape index (κ3) is 2.34. The first kappa shape index (κ1) is 11.0. The number of thioether (sulfide) groups is 1. The zero-order chi connectivity index (χ0) is 11.5. The van der Waals surface area contributed by atoms with E-state index in [1.807, 2.05) is 13.0 Å². The molecule has 0 spiro atoms. The largest absolute Gasteiger partial charge is 0.335 e. The Morgan fingerprint density at radius 2 is 2.44 bits per heavy atom. The number of nitrogens with one attached hydrogen (secondary N) is 1. The molecule has 0 amide bonds. The number of nitrogens with zero attached hydrogens (tertiary/aromatic N) is 2. The fourth-order valence-electron chi connectivity index (χ4n) is 1.35. The van der Waals surface area contributed by atoms with E-state index in [0.717, 1.165) is 10.9 Å². The number of hydrogen-bond acceptors (Lipinski definition) is 4. The van der Waals surface area contributed by atoms with Crippen molar-refractivity contribution < 1.29 is 4.39 Å². The summed E-state index contributed by atoms with van der Waals surface area (Å²) in [5.41, 5.74) is 0.736. The maximum absolute atomic E-state index is 13.1. The summed E-state index contributed by atoms with van der Waals surface area (Å²) in [4.78, 5) is 4.35. The van der Waals surface area contributed by atoms with Crippen molar-refractivity contribution in [3.05, 3.63) is 29.6 Å². The van der Waals surface area contributed by atoms with Crippen LogP contribution in [0.2, 0.25) is 0 Å². The highest BCUT2D eigenvalue weighted by Crippen LogP contribution is 2.21. The van der Waals surface area contributed by atoms with Gasteiger partial charge in [-0.1, -0.05) is 11.8 Å². The molecule has 1 aromatic rings. The molecule has 1 aliphatic heterocycles. The summed E-state index contributed by atoms with van der Waals surface area (Å²) in [5.74, 6) is 0.455. The zero-order valence-electron chi connectivity index (χ0n) is 8.70. The molecule has 82 valence electrons. The summed E-state index contributed by atoms with van der Waals surface area (Å²) in [6.07, 6.45) is 0. The van der Waals surface area contributed by atoms with E-state index in [9.17, 15) is 4.39 Å². The summed E-state index contributed by atoms with van der Waals surface area (Å²) < 4.78 is 13.1. The van der Waals surface area contributed by atoms with Gasteiger partial charge >= 0.3 is 0 Å². The van der Waals surface area contributed by atoms with E-state index in [1.165, 1.54) is 12.1 Å². The molecule has 16 heavy (non-hydrogen) atoms. The molecule has 1 N–H and O–H groups in total.